The van der Waals surface area contributed by atoms with Crippen LogP contribution in [0, 0.1) is 5.92 Å². The number of thioether (sulfide) groups is 1. The summed E-state index contributed by atoms with van der Waals surface area (Å²) in [6, 6.07) is 7.67. The molecule has 1 aromatic heterocycles. The SMILES string of the molecule is CC(C)CCNC(=O)CSc1nnc(N2CCCC2)n1-c1ccccc1Cl. The van der Waals surface area contributed by atoms with Crippen molar-refractivity contribution in [1.29, 1.82) is 0 Å². The molecular weight excluding hydrogens is 382 g/mol. The Morgan fingerprint density at radius 3 is 2.70 bits per heavy atom. The normalized spacial score (nSPS) is 14.1. The van der Waals surface area contributed by atoms with E-state index in [1.165, 1.54) is 11.8 Å². The molecule has 1 N–H and O–H groups in total. The summed E-state index contributed by atoms with van der Waals surface area (Å²) in [5.74, 6) is 1.69. The number of nitrogens with one attached hydrogen (secondary N) is 1. The highest BCUT2D eigenvalue weighted by Gasteiger charge is 2.23. The first kappa shape index (κ1) is 20.0. The lowest BCUT2D eigenvalue weighted by atomic mass is 10.1. The molecular formula is C19H26ClN5OS. The minimum atomic E-state index is 0.0112. The molecule has 1 amide bonds. The largest absolute Gasteiger partial charge is 0.355 e. The maximum atomic E-state index is 12.1. The smallest absolute Gasteiger partial charge is 0.232 e. The van der Waals surface area contributed by atoms with E-state index in [-0.39, 0.29) is 5.91 Å². The van der Waals surface area contributed by atoms with Gasteiger partial charge in [-0.3, -0.25) is 9.36 Å². The van der Waals surface area contributed by atoms with Crippen molar-refractivity contribution in [1.82, 2.24) is 20.1 Å². The Hall–Kier alpha value is -1.73. The summed E-state index contributed by atoms with van der Waals surface area (Å²) in [6.07, 6.45) is 3.28. The minimum Gasteiger partial charge on any atom is -0.355 e. The van der Waals surface area contributed by atoms with Crippen LogP contribution in [0.1, 0.15) is 33.1 Å². The molecule has 3 rings (SSSR count). The minimum absolute atomic E-state index is 0.0112. The summed E-state index contributed by atoms with van der Waals surface area (Å²) >= 11 is 7.83. The fraction of sp³-hybridized carbons (Fsp3) is 0.526. The van der Waals surface area contributed by atoms with E-state index >= 15 is 0 Å². The number of nitrogens with zero attached hydrogens (tertiary/aromatic N) is 4. The van der Waals surface area contributed by atoms with Crippen LogP contribution < -0.4 is 10.2 Å². The lowest BCUT2D eigenvalue weighted by Gasteiger charge is -2.19. The second-order valence-electron chi connectivity index (χ2n) is 7.08. The van der Waals surface area contributed by atoms with Crippen LogP contribution in [0.2, 0.25) is 5.02 Å². The zero-order valence-electron chi connectivity index (χ0n) is 15.8. The Balaban J connectivity index is 1.77. The van der Waals surface area contributed by atoms with Crippen molar-refractivity contribution < 1.29 is 4.79 Å². The third-order valence-corrected chi connectivity index (χ3v) is 5.72. The maximum absolute atomic E-state index is 12.1. The quantitative estimate of drug-likeness (QED) is 0.675. The average Bonchev–Trinajstić information content (AvgIpc) is 3.29. The van der Waals surface area contributed by atoms with Crippen molar-refractivity contribution in [2.45, 2.75) is 38.3 Å². The van der Waals surface area contributed by atoms with E-state index in [9.17, 15) is 4.79 Å². The van der Waals surface area contributed by atoms with Crippen molar-refractivity contribution in [2.24, 2.45) is 5.92 Å². The van der Waals surface area contributed by atoms with Crippen LogP contribution in [0.25, 0.3) is 5.69 Å². The summed E-state index contributed by atoms with van der Waals surface area (Å²) in [4.78, 5) is 14.4. The van der Waals surface area contributed by atoms with Gasteiger partial charge in [-0.2, -0.15) is 0 Å². The third kappa shape index (κ3) is 5.17. The van der Waals surface area contributed by atoms with E-state index in [2.05, 4.69) is 34.3 Å². The second-order valence-corrected chi connectivity index (χ2v) is 8.43. The molecule has 1 aliphatic rings. The molecule has 8 heteroatoms. The Morgan fingerprint density at radius 2 is 2.00 bits per heavy atom. The molecule has 0 spiro atoms. The van der Waals surface area contributed by atoms with Gasteiger partial charge in [0, 0.05) is 19.6 Å². The molecule has 1 fully saturated rings. The summed E-state index contributed by atoms with van der Waals surface area (Å²) in [5, 5.41) is 13.0. The molecule has 2 heterocycles. The van der Waals surface area contributed by atoms with Gasteiger partial charge in [0.25, 0.3) is 0 Å². The van der Waals surface area contributed by atoms with Gasteiger partial charge in [0.05, 0.1) is 16.5 Å². The predicted molar refractivity (Wildman–Crippen MR) is 111 cm³/mol. The molecule has 0 aliphatic carbocycles. The number of halogens is 1. The molecule has 1 aliphatic heterocycles. The van der Waals surface area contributed by atoms with Gasteiger partial charge in [0.15, 0.2) is 5.16 Å². The monoisotopic (exact) mass is 407 g/mol. The number of benzene rings is 1. The van der Waals surface area contributed by atoms with Gasteiger partial charge in [0.2, 0.25) is 11.9 Å². The fourth-order valence-electron chi connectivity index (χ4n) is 3.00. The standard InChI is InChI=1S/C19H26ClN5OS/c1-14(2)9-10-21-17(26)13-27-19-23-22-18(24-11-5-6-12-24)25(19)16-8-4-3-7-15(16)20/h3-4,7-8,14H,5-6,9-13H2,1-2H3,(H,21,26). The van der Waals surface area contributed by atoms with E-state index < -0.39 is 0 Å². The zero-order valence-corrected chi connectivity index (χ0v) is 17.4. The Labute approximate surface area is 169 Å². The highest BCUT2D eigenvalue weighted by Crippen LogP contribution is 2.31. The first-order valence-electron chi connectivity index (χ1n) is 9.41. The predicted octanol–water partition coefficient (Wildman–Crippen LogP) is 3.78. The van der Waals surface area contributed by atoms with E-state index in [0.717, 1.165) is 44.0 Å². The van der Waals surface area contributed by atoms with Crippen LogP contribution in [0.3, 0.4) is 0 Å². The summed E-state index contributed by atoms with van der Waals surface area (Å²) < 4.78 is 1.97. The fourth-order valence-corrected chi connectivity index (χ4v) is 3.99. The summed E-state index contributed by atoms with van der Waals surface area (Å²) in [7, 11) is 0. The lowest BCUT2D eigenvalue weighted by Crippen LogP contribution is -2.27. The van der Waals surface area contributed by atoms with Gasteiger partial charge in [0.1, 0.15) is 0 Å². The zero-order chi connectivity index (χ0) is 19.2. The molecule has 27 heavy (non-hydrogen) atoms. The molecule has 1 saturated heterocycles. The summed E-state index contributed by atoms with van der Waals surface area (Å²) in [5.41, 5.74) is 0.841. The van der Waals surface area contributed by atoms with Gasteiger partial charge in [-0.15, -0.1) is 10.2 Å². The number of para-hydroxylation sites is 1. The second kappa shape index (κ2) is 9.46. The molecule has 0 atom stereocenters. The molecule has 0 unspecified atom stereocenters. The molecule has 1 aromatic carbocycles. The Kier molecular flexibility index (Phi) is 7.01. The van der Waals surface area contributed by atoms with Crippen LogP contribution in [-0.4, -0.2) is 46.1 Å². The van der Waals surface area contributed by atoms with Crippen LogP contribution in [-0.2, 0) is 4.79 Å². The van der Waals surface area contributed by atoms with E-state index in [1.54, 1.807) is 0 Å². The Morgan fingerprint density at radius 1 is 1.26 bits per heavy atom. The van der Waals surface area contributed by atoms with Crippen molar-refractivity contribution in [3.05, 3.63) is 29.3 Å². The van der Waals surface area contributed by atoms with E-state index in [4.69, 9.17) is 11.6 Å². The van der Waals surface area contributed by atoms with Crippen LogP contribution >= 0.6 is 23.4 Å². The highest BCUT2D eigenvalue weighted by molar-refractivity contribution is 7.99. The number of aromatic nitrogens is 3. The highest BCUT2D eigenvalue weighted by atomic mass is 35.5. The van der Waals surface area contributed by atoms with E-state index in [0.29, 0.717) is 28.4 Å². The number of amides is 1. The third-order valence-electron chi connectivity index (χ3n) is 4.47. The number of carbonyl (C=O) groups is 1. The number of rotatable bonds is 8. The number of anilines is 1. The average molecular weight is 408 g/mol. The lowest BCUT2D eigenvalue weighted by molar-refractivity contribution is -0.118. The van der Waals surface area contributed by atoms with Gasteiger partial charge in [-0.25, -0.2) is 0 Å². The van der Waals surface area contributed by atoms with Crippen molar-refractivity contribution in [3.63, 3.8) is 0 Å². The molecule has 2 aromatic rings. The van der Waals surface area contributed by atoms with Gasteiger partial charge in [-0.1, -0.05) is 49.3 Å². The molecule has 0 saturated carbocycles. The first-order valence-corrected chi connectivity index (χ1v) is 10.8. The van der Waals surface area contributed by atoms with E-state index in [1.807, 2.05) is 28.8 Å². The number of hydrogen-bond donors (Lipinski definition) is 1. The first-order chi connectivity index (χ1) is 13.1. The number of carbonyl (C=O) groups excluding carboxylic acids is 1. The van der Waals surface area contributed by atoms with Crippen molar-refractivity contribution in [3.8, 4) is 5.69 Å². The van der Waals surface area contributed by atoms with Crippen LogP contribution in [0.15, 0.2) is 29.4 Å². The van der Waals surface area contributed by atoms with Gasteiger partial charge < -0.3 is 10.2 Å². The molecule has 0 bridgehead atoms. The molecule has 6 nitrogen and oxygen atoms in total. The van der Waals surface area contributed by atoms with Crippen LogP contribution in [0.4, 0.5) is 5.95 Å². The summed E-state index contributed by atoms with van der Waals surface area (Å²) in [6.45, 7) is 6.92. The van der Waals surface area contributed by atoms with Crippen molar-refractivity contribution in [2.75, 3.05) is 30.3 Å². The molecule has 146 valence electrons. The Bertz CT molecular complexity index is 773. The van der Waals surface area contributed by atoms with Gasteiger partial charge >= 0.3 is 0 Å². The topological polar surface area (TPSA) is 63.1 Å². The number of hydrogen-bond acceptors (Lipinski definition) is 5. The van der Waals surface area contributed by atoms with Crippen LogP contribution in [0.5, 0.6) is 0 Å². The molecule has 0 radical (unpaired) electrons. The van der Waals surface area contributed by atoms with Crippen molar-refractivity contribution >= 4 is 35.2 Å². The maximum Gasteiger partial charge on any atom is 0.232 e. The van der Waals surface area contributed by atoms with Gasteiger partial charge in [-0.05, 0) is 37.3 Å².